The molecule has 0 spiro atoms. The maximum absolute atomic E-state index is 11.6. The summed E-state index contributed by atoms with van der Waals surface area (Å²) < 4.78 is 5.69. The predicted octanol–water partition coefficient (Wildman–Crippen LogP) is 2.48. The number of unbranched alkanes of at least 4 members (excludes halogenated alkanes) is 3. The van der Waals surface area contributed by atoms with Crippen molar-refractivity contribution in [2.24, 2.45) is 5.73 Å². The van der Waals surface area contributed by atoms with Crippen LogP contribution in [0.1, 0.15) is 39.0 Å². The molecule has 4 nitrogen and oxygen atoms in total. The van der Waals surface area contributed by atoms with Gasteiger partial charge < -0.3 is 15.8 Å². The van der Waals surface area contributed by atoms with Gasteiger partial charge in [-0.2, -0.15) is 0 Å². The fourth-order valence-electron chi connectivity index (χ4n) is 1.90. The zero-order valence-electron chi connectivity index (χ0n) is 12.3. The van der Waals surface area contributed by atoms with Gasteiger partial charge in [0.05, 0.1) is 6.54 Å². The molecule has 0 fully saturated rings. The van der Waals surface area contributed by atoms with Crippen LogP contribution < -0.4 is 15.8 Å². The van der Waals surface area contributed by atoms with Gasteiger partial charge in [-0.3, -0.25) is 4.79 Å². The first kappa shape index (κ1) is 16.5. The van der Waals surface area contributed by atoms with Crippen LogP contribution in [0.25, 0.3) is 0 Å². The van der Waals surface area contributed by atoms with Crippen molar-refractivity contribution in [1.82, 2.24) is 5.32 Å². The second-order valence-corrected chi connectivity index (χ2v) is 5.00. The maximum Gasteiger partial charge on any atom is 0.220 e. The van der Waals surface area contributed by atoms with E-state index in [-0.39, 0.29) is 12.0 Å². The number of rotatable bonds is 10. The molecule has 0 aromatic heterocycles. The summed E-state index contributed by atoms with van der Waals surface area (Å²) in [5, 5.41) is 2.90. The lowest BCUT2D eigenvalue weighted by Gasteiger charge is -2.15. The van der Waals surface area contributed by atoms with Crippen molar-refractivity contribution >= 4 is 5.91 Å². The smallest absolute Gasteiger partial charge is 0.220 e. The molecular formula is C16H26N2O2. The Bertz CT molecular complexity index is 368. The van der Waals surface area contributed by atoms with Gasteiger partial charge in [0, 0.05) is 6.42 Å². The van der Waals surface area contributed by atoms with E-state index in [1.165, 1.54) is 0 Å². The van der Waals surface area contributed by atoms with E-state index in [0.717, 1.165) is 38.0 Å². The van der Waals surface area contributed by atoms with E-state index in [0.29, 0.717) is 13.0 Å². The number of nitrogens with one attached hydrogen (secondary N) is 1. The Morgan fingerprint density at radius 3 is 2.60 bits per heavy atom. The van der Waals surface area contributed by atoms with Crippen LogP contribution >= 0.6 is 0 Å². The van der Waals surface area contributed by atoms with Gasteiger partial charge in [-0.15, -0.1) is 0 Å². The molecular weight excluding hydrogens is 252 g/mol. The van der Waals surface area contributed by atoms with E-state index in [1.54, 1.807) is 0 Å². The van der Waals surface area contributed by atoms with Crippen LogP contribution in [-0.4, -0.2) is 25.1 Å². The fraction of sp³-hybridized carbons (Fsp3) is 0.562. The zero-order chi connectivity index (χ0) is 14.6. The highest BCUT2D eigenvalue weighted by atomic mass is 16.5. The van der Waals surface area contributed by atoms with Crippen molar-refractivity contribution in [2.75, 3.05) is 13.1 Å². The van der Waals surface area contributed by atoms with Crippen LogP contribution in [0, 0.1) is 0 Å². The summed E-state index contributed by atoms with van der Waals surface area (Å²) in [7, 11) is 0. The molecule has 1 rings (SSSR count). The Balaban J connectivity index is 2.08. The molecule has 20 heavy (non-hydrogen) atoms. The van der Waals surface area contributed by atoms with Crippen LogP contribution in [0.2, 0.25) is 0 Å². The maximum atomic E-state index is 11.6. The lowest BCUT2D eigenvalue weighted by atomic mass is 10.1. The minimum absolute atomic E-state index is 0.0291. The molecule has 0 saturated heterocycles. The average molecular weight is 278 g/mol. The number of hydrogen-bond acceptors (Lipinski definition) is 3. The highest BCUT2D eigenvalue weighted by Gasteiger charge is 2.06. The first-order valence-corrected chi connectivity index (χ1v) is 7.41. The fourth-order valence-corrected chi connectivity index (χ4v) is 1.90. The van der Waals surface area contributed by atoms with Crippen molar-refractivity contribution < 1.29 is 9.53 Å². The molecule has 0 heterocycles. The summed E-state index contributed by atoms with van der Waals surface area (Å²) in [6.07, 6.45) is 4.71. The van der Waals surface area contributed by atoms with Gasteiger partial charge in [0.15, 0.2) is 0 Å². The topological polar surface area (TPSA) is 64.4 Å². The van der Waals surface area contributed by atoms with Gasteiger partial charge in [0.2, 0.25) is 5.91 Å². The van der Waals surface area contributed by atoms with E-state index in [1.807, 2.05) is 37.3 Å². The van der Waals surface area contributed by atoms with Gasteiger partial charge in [-0.05, 0) is 38.4 Å². The number of ether oxygens (including phenoxy) is 1. The number of amides is 1. The Labute approximate surface area is 121 Å². The van der Waals surface area contributed by atoms with E-state index in [2.05, 4.69) is 5.32 Å². The lowest BCUT2D eigenvalue weighted by molar-refractivity contribution is -0.121. The third-order valence-corrected chi connectivity index (χ3v) is 3.03. The third kappa shape index (κ3) is 7.79. The van der Waals surface area contributed by atoms with Gasteiger partial charge in [0.25, 0.3) is 0 Å². The summed E-state index contributed by atoms with van der Waals surface area (Å²) in [6.45, 7) is 3.23. The van der Waals surface area contributed by atoms with E-state index >= 15 is 0 Å². The molecule has 1 amide bonds. The van der Waals surface area contributed by atoms with Crippen LogP contribution in [0.15, 0.2) is 30.3 Å². The Morgan fingerprint density at radius 2 is 1.90 bits per heavy atom. The van der Waals surface area contributed by atoms with Crippen molar-refractivity contribution in [3.05, 3.63) is 30.3 Å². The molecule has 0 aliphatic rings. The molecule has 0 aliphatic heterocycles. The highest BCUT2D eigenvalue weighted by Crippen LogP contribution is 2.10. The number of para-hydroxylation sites is 1. The summed E-state index contributed by atoms with van der Waals surface area (Å²) in [5.41, 5.74) is 5.42. The zero-order valence-corrected chi connectivity index (χ0v) is 12.3. The minimum Gasteiger partial charge on any atom is -0.489 e. The molecule has 1 aromatic rings. The van der Waals surface area contributed by atoms with Crippen LogP contribution in [0.3, 0.4) is 0 Å². The van der Waals surface area contributed by atoms with Crippen LogP contribution in [0.4, 0.5) is 0 Å². The number of nitrogens with two attached hydrogens (primary N) is 1. The number of benzene rings is 1. The molecule has 4 heteroatoms. The van der Waals surface area contributed by atoms with Gasteiger partial charge in [-0.1, -0.05) is 31.0 Å². The highest BCUT2D eigenvalue weighted by molar-refractivity contribution is 5.75. The molecule has 1 unspecified atom stereocenters. The lowest BCUT2D eigenvalue weighted by Crippen LogP contribution is -2.33. The standard InChI is InChI=1S/C16H26N2O2/c1-14(20-15-9-5-4-6-10-15)13-18-16(19)11-7-2-3-8-12-17/h4-6,9-10,14H,2-3,7-8,11-13,17H2,1H3,(H,18,19). The summed E-state index contributed by atoms with van der Waals surface area (Å²) in [4.78, 5) is 11.6. The molecule has 1 aromatic carbocycles. The largest absolute Gasteiger partial charge is 0.489 e. The Hall–Kier alpha value is -1.55. The second kappa shape index (κ2) is 10.3. The number of carbonyl (C=O) groups is 1. The molecule has 0 saturated carbocycles. The average Bonchev–Trinajstić information content (AvgIpc) is 2.46. The number of hydrogen-bond donors (Lipinski definition) is 2. The van der Waals surface area contributed by atoms with Gasteiger partial charge >= 0.3 is 0 Å². The summed E-state index contributed by atoms with van der Waals surface area (Å²) in [5.74, 6) is 0.928. The normalized spacial score (nSPS) is 11.9. The van der Waals surface area contributed by atoms with Crippen molar-refractivity contribution in [3.8, 4) is 5.75 Å². The Morgan fingerprint density at radius 1 is 1.20 bits per heavy atom. The van der Waals surface area contributed by atoms with E-state index in [4.69, 9.17) is 10.5 Å². The monoisotopic (exact) mass is 278 g/mol. The van der Waals surface area contributed by atoms with Crippen LogP contribution in [0.5, 0.6) is 5.75 Å². The first-order chi connectivity index (χ1) is 9.72. The minimum atomic E-state index is -0.0291. The third-order valence-electron chi connectivity index (χ3n) is 3.03. The Kier molecular flexibility index (Phi) is 8.47. The molecule has 0 aliphatic carbocycles. The van der Waals surface area contributed by atoms with E-state index < -0.39 is 0 Å². The van der Waals surface area contributed by atoms with Gasteiger partial charge in [-0.25, -0.2) is 0 Å². The summed E-state index contributed by atoms with van der Waals surface area (Å²) in [6, 6.07) is 9.64. The molecule has 3 N–H and O–H groups in total. The van der Waals surface area contributed by atoms with Crippen molar-refractivity contribution in [3.63, 3.8) is 0 Å². The van der Waals surface area contributed by atoms with Crippen molar-refractivity contribution in [2.45, 2.75) is 45.1 Å². The quantitative estimate of drug-likeness (QED) is 0.646. The molecule has 0 bridgehead atoms. The molecule has 112 valence electrons. The SMILES string of the molecule is CC(CNC(=O)CCCCCCN)Oc1ccccc1. The second-order valence-electron chi connectivity index (χ2n) is 5.00. The van der Waals surface area contributed by atoms with Crippen LogP contribution in [-0.2, 0) is 4.79 Å². The first-order valence-electron chi connectivity index (χ1n) is 7.41. The predicted molar refractivity (Wildman–Crippen MR) is 81.7 cm³/mol. The number of carbonyl (C=O) groups excluding carboxylic acids is 1. The van der Waals surface area contributed by atoms with Gasteiger partial charge in [0.1, 0.15) is 11.9 Å². The molecule has 0 radical (unpaired) electrons. The van der Waals surface area contributed by atoms with E-state index in [9.17, 15) is 4.79 Å². The van der Waals surface area contributed by atoms with Crippen molar-refractivity contribution in [1.29, 1.82) is 0 Å². The molecule has 1 atom stereocenters. The summed E-state index contributed by atoms with van der Waals surface area (Å²) >= 11 is 0.